The van der Waals surface area contributed by atoms with Crippen LogP contribution < -0.4 is 5.32 Å². The summed E-state index contributed by atoms with van der Waals surface area (Å²) in [5.74, 6) is 0.478. The molecule has 0 fully saturated rings. The molecule has 1 N–H and O–H groups in total. The molecular weight excluding hydrogens is 254 g/mol. The minimum Gasteiger partial charge on any atom is -0.308 e. The highest BCUT2D eigenvalue weighted by molar-refractivity contribution is 7.10. The smallest absolute Gasteiger partial charge is 0.0694 e. The lowest BCUT2D eigenvalue weighted by molar-refractivity contribution is 0.680. The number of hydrogen-bond donors (Lipinski definition) is 1. The van der Waals surface area contributed by atoms with Crippen molar-refractivity contribution in [3.05, 3.63) is 39.3 Å². The van der Waals surface area contributed by atoms with Gasteiger partial charge >= 0.3 is 0 Å². The van der Waals surface area contributed by atoms with E-state index in [1.54, 1.807) is 0 Å². The van der Waals surface area contributed by atoms with Gasteiger partial charge in [0, 0.05) is 36.8 Å². The van der Waals surface area contributed by atoms with Gasteiger partial charge in [0.1, 0.15) is 0 Å². The largest absolute Gasteiger partial charge is 0.308 e. The van der Waals surface area contributed by atoms with Gasteiger partial charge in [0.05, 0.1) is 5.69 Å². The first-order valence-corrected chi connectivity index (χ1v) is 7.78. The Morgan fingerprint density at radius 2 is 2.11 bits per heavy atom. The van der Waals surface area contributed by atoms with E-state index >= 15 is 0 Å². The van der Waals surface area contributed by atoms with Crippen molar-refractivity contribution in [2.45, 2.75) is 46.2 Å². The Kier molecular flexibility index (Phi) is 4.77. The predicted molar refractivity (Wildman–Crippen MR) is 81.5 cm³/mol. The van der Waals surface area contributed by atoms with Gasteiger partial charge in [-0.15, -0.1) is 11.3 Å². The third kappa shape index (κ3) is 3.45. The molecule has 2 rings (SSSR count). The summed E-state index contributed by atoms with van der Waals surface area (Å²) in [6.45, 7) is 8.44. The van der Waals surface area contributed by atoms with E-state index in [4.69, 9.17) is 0 Å². The maximum Gasteiger partial charge on any atom is 0.0694 e. The number of nitrogens with one attached hydrogen (secondary N) is 1. The first-order chi connectivity index (χ1) is 9.11. The summed E-state index contributed by atoms with van der Waals surface area (Å²) in [6.07, 6.45) is 3.24. The van der Waals surface area contributed by atoms with E-state index in [0.717, 1.165) is 19.5 Å². The van der Waals surface area contributed by atoms with Crippen molar-refractivity contribution in [3.8, 4) is 0 Å². The molecular formula is C15H23N3S. The molecule has 2 heterocycles. The summed E-state index contributed by atoms with van der Waals surface area (Å²) < 4.78 is 1.91. The Morgan fingerprint density at radius 3 is 2.79 bits per heavy atom. The van der Waals surface area contributed by atoms with Crippen LogP contribution in [0.5, 0.6) is 0 Å². The number of aromatic nitrogens is 2. The molecule has 2 aromatic heterocycles. The van der Waals surface area contributed by atoms with E-state index < -0.39 is 0 Å². The topological polar surface area (TPSA) is 29.9 Å². The van der Waals surface area contributed by atoms with Crippen molar-refractivity contribution in [1.82, 2.24) is 15.1 Å². The van der Waals surface area contributed by atoms with Gasteiger partial charge in [-0.1, -0.05) is 20.8 Å². The maximum absolute atomic E-state index is 4.54. The number of thiophene rings is 1. The molecule has 0 bridgehead atoms. The number of nitrogens with zero attached hydrogens (tertiary/aromatic N) is 2. The van der Waals surface area contributed by atoms with Crippen LogP contribution in [0.4, 0.5) is 0 Å². The second-order valence-corrected chi connectivity index (χ2v) is 6.19. The van der Waals surface area contributed by atoms with E-state index in [9.17, 15) is 0 Å². The monoisotopic (exact) mass is 277 g/mol. The molecule has 4 heteroatoms. The van der Waals surface area contributed by atoms with Gasteiger partial charge in [-0.3, -0.25) is 4.68 Å². The summed E-state index contributed by atoms with van der Waals surface area (Å²) in [5.41, 5.74) is 3.98. The summed E-state index contributed by atoms with van der Waals surface area (Å²) in [6, 6.07) is 2.23. The van der Waals surface area contributed by atoms with Gasteiger partial charge in [0.15, 0.2) is 0 Å². The minimum absolute atomic E-state index is 0.478. The standard InChI is InChI=1S/C15H23N3S/c1-5-12-6-7-19-14(12)9-16-8-13-10-18(4)17-15(13)11(2)3/h6-7,10-11,16H,5,8-9H2,1-4H3. The minimum atomic E-state index is 0.478. The molecule has 0 radical (unpaired) electrons. The van der Waals surface area contributed by atoms with E-state index in [2.05, 4.69) is 48.8 Å². The zero-order valence-electron chi connectivity index (χ0n) is 12.2. The zero-order valence-corrected chi connectivity index (χ0v) is 13.0. The highest BCUT2D eigenvalue weighted by atomic mass is 32.1. The first kappa shape index (κ1) is 14.3. The SMILES string of the molecule is CCc1ccsc1CNCc1cn(C)nc1C(C)C. The van der Waals surface area contributed by atoms with Crippen LogP contribution in [0.2, 0.25) is 0 Å². The normalized spacial score (nSPS) is 11.4. The van der Waals surface area contributed by atoms with Crippen LogP contribution in [0.15, 0.2) is 17.6 Å². The van der Waals surface area contributed by atoms with Crippen LogP contribution >= 0.6 is 11.3 Å². The van der Waals surface area contributed by atoms with Crippen LogP contribution in [0.1, 0.15) is 48.4 Å². The van der Waals surface area contributed by atoms with Crippen molar-refractivity contribution >= 4 is 11.3 Å². The Balaban J connectivity index is 1.96. The zero-order chi connectivity index (χ0) is 13.8. The molecule has 0 unspecified atom stereocenters. The molecule has 0 spiro atoms. The van der Waals surface area contributed by atoms with Gasteiger partial charge in [-0.2, -0.15) is 5.10 Å². The molecule has 0 amide bonds. The Labute approximate surface area is 119 Å². The molecule has 0 aliphatic heterocycles. The second-order valence-electron chi connectivity index (χ2n) is 5.19. The van der Waals surface area contributed by atoms with Crippen molar-refractivity contribution in [2.24, 2.45) is 7.05 Å². The van der Waals surface area contributed by atoms with E-state index in [-0.39, 0.29) is 0 Å². The molecule has 0 saturated heterocycles. The van der Waals surface area contributed by atoms with E-state index in [1.165, 1.54) is 21.7 Å². The average Bonchev–Trinajstić information content (AvgIpc) is 2.95. The van der Waals surface area contributed by atoms with Crippen LogP contribution in [-0.4, -0.2) is 9.78 Å². The maximum atomic E-state index is 4.54. The van der Waals surface area contributed by atoms with Crippen molar-refractivity contribution in [2.75, 3.05) is 0 Å². The van der Waals surface area contributed by atoms with Crippen LogP contribution in [0.25, 0.3) is 0 Å². The van der Waals surface area contributed by atoms with Crippen LogP contribution in [0.3, 0.4) is 0 Å². The lowest BCUT2D eigenvalue weighted by atomic mass is 10.1. The highest BCUT2D eigenvalue weighted by Crippen LogP contribution is 2.19. The summed E-state index contributed by atoms with van der Waals surface area (Å²) in [4.78, 5) is 1.46. The van der Waals surface area contributed by atoms with Crippen molar-refractivity contribution in [1.29, 1.82) is 0 Å². The van der Waals surface area contributed by atoms with Crippen LogP contribution in [-0.2, 0) is 26.6 Å². The summed E-state index contributed by atoms with van der Waals surface area (Å²) in [5, 5.41) is 10.3. The molecule has 0 aromatic carbocycles. The van der Waals surface area contributed by atoms with Gasteiger partial charge < -0.3 is 5.32 Å². The molecule has 0 saturated carbocycles. The van der Waals surface area contributed by atoms with Crippen LogP contribution in [0, 0.1) is 0 Å². The number of rotatable bonds is 6. The molecule has 0 aliphatic rings. The van der Waals surface area contributed by atoms with Gasteiger partial charge in [-0.25, -0.2) is 0 Å². The quantitative estimate of drug-likeness (QED) is 0.876. The summed E-state index contributed by atoms with van der Waals surface area (Å²) >= 11 is 1.84. The fourth-order valence-corrected chi connectivity index (χ4v) is 3.27. The second kappa shape index (κ2) is 6.35. The van der Waals surface area contributed by atoms with Crippen molar-refractivity contribution in [3.63, 3.8) is 0 Å². The molecule has 2 aromatic rings. The lowest BCUT2D eigenvalue weighted by Crippen LogP contribution is -2.13. The Morgan fingerprint density at radius 1 is 1.32 bits per heavy atom. The first-order valence-electron chi connectivity index (χ1n) is 6.90. The van der Waals surface area contributed by atoms with Gasteiger partial charge in [-0.05, 0) is 29.3 Å². The van der Waals surface area contributed by atoms with Gasteiger partial charge in [0.2, 0.25) is 0 Å². The summed E-state index contributed by atoms with van der Waals surface area (Å²) in [7, 11) is 1.99. The molecule has 3 nitrogen and oxygen atoms in total. The third-order valence-electron chi connectivity index (χ3n) is 3.30. The van der Waals surface area contributed by atoms with E-state index in [0.29, 0.717) is 5.92 Å². The number of aryl methyl sites for hydroxylation is 2. The molecule has 0 aliphatic carbocycles. The Hall–Kier alpha value is -1.13. The highest BCUT2D eigenvalue weighted by Gasteiger charge is 2.11. The molecule has 104 valence electrons. The fraction of sp³-hybridized carbons (Fsp3) is 0.533. The number of hydrogen-bond acceptors (Lipinski definition) is 3. The lowest BCUT2D eigenvalue weighted by Gasteiger charge is -2.07. The fourth-order valence-electron chi connectivity index (χ4n) is 2.32. The molecule has 0 atom stereocenters. The molecule has 19 heavy (non-hydrogen) atoms. The van der Waals surface area contributed by atoms with E-state index in [1.807, 2.05) is 23.1 Å². The average molecular weight is 277 g/mol. The third-order valence-corrected chi connectivity index (χ3v) is 4.27. The predicted octanol–water partition coefficient (Wildman–Crippen LogP) is 3.46. The Bertz CT molecular complexity index is 525. The van der Waals surface area contributed by atoms with Crippen molar-refractivity contribution < 1.29 is 0 Å². The van der Waals surface area contributed by atoms with Gasteiger partial charge in [0.25, 0.3) is 0 Å².